The van der Waals surface area contributed by atoms with Gasteiger partial charge in [0.2, 0.25) is 11.8 Å². The van der Waals surface area contributed by atoms with Gasteiger partial charge < -0.3 is 54.8 Å². The Balaban J connectivity index is 0.810. The third kappa shape index (κ3) is 11.2. The molecule has 16 nitrogen and oxygen atoms in total. The van der Waals surface area contributed by atoms with Crippen LogP contribution in [0.5, 0.6) is 17.2 Å². The van der Waals surface area contributed by atoms with Crippen LogP contribution in [-0.4, -0.2) is 133 Å². The number of hydrogen-bond donors (Lipinski definition) is 5. The summed E-state index contributed by atoms with van der Waals surface area (Å²) in [5, 5.41) is 24.2. The smallest absolute Gasteiger partial charge is 0.315 e. The Kier molecular flexibility index (Phi) is 16.9. The molecule has 3 saturated heterocycles. The Bertz CT molecular complexity index is 2420. The predicted octanol–water partition coefficient (Wildman–Crippen LogP) is 7.24. The van der Waals surface area contributed by atoms with E-state index in [-0.39, 0.29) is 90.5 Å². The molecule has 6 fully saturated rings. The van der Waals surface area contributed by atoms with Crippen molar-refractivity contribution in [1.82, 2.24) is 21.3 Å². The first kappa shape index (κ1) is 54.6. The first-order valence-electron chi connectivity index (χ1n) is 26.5. The van der Waals surface area contributed by atoms with E-state index in [2.05, 4.69) is 47.3 Å². The third-order valence-corrected chi connectivity index (χ3v) is 17.4. The van der Waals surface area contributed by atoms with Crippen LogP contribution in [0.3, 0.4) is 0 Å². The number of fused-ring (bicyclic) bond motifs is 3. The highest BCUT2D eigenvalue weighted by atomic mass is 32.2. The van der Waals surface area contributed by atoms with E-state index in [1.807, 2.05) is 58.5 Å². The molecule has 4 bridgehead atoms. The minimum Gasteiger partial charge on any atom is -0.506 e. The molecule has 9 atom stereocenters. The number of aromatic hydroxyl groups is 1. The summed E-state index contributed by atoms with van der Waals surface area (Å²) in [6.07, 6.45) is 15.7. The van der Waals surface area contributed by atoms with Crippen LogP contribution in [0.25, 0.3) is 6.08 Å². The molecule has 1 spiro atoms. The summed E-state index contributed by atoms with van der Waals surface area (Å²) < 4.78 is 38.1. The monoisotopic (exact) mass is 1030 g/mol. The molecule has 8 aliphatic rings. The summed E-state index contributed by atoms with van der Waals surface area (Å²) in [7, 11) is 0. The Labute approximate surface area is 434 Å². The molecule has 3 aliphatic carbocycles. The van der Waals surface area contributed by atoms with Gasteiger partial charge >= 0.3 is 6.03 Å². The van der Waals surface area contributed by atoms with Crippen molar-refractivity contribution in [1.29, 1.82) is 0 Å². The number of ketones is 2. The van der Waals surface area contributed by atoms with Crippen LogP contribution in [0.1, 0.15) is 135 Å². The highest BCUT2D eigenvalue weighted by molar-refractivity contribution is 8.00. The van der Waals surface area contributed by atoms with Crippen molar-refractivity contribution in [3.8, 4) is 17.2 Å². The predicted molar refractivity (Wildman–Crippen MR) is 279 cm³/mol. The number of Topliss-reactive ketones (excluding diaryl/α,β-unsaturated/α-hetero) is 2. The van der Waals surface area contributed by atoms with Gasteiger partial charge in [-0.05, 0) is 112 Å². The van der Waals surface area contributed by atoms with Gasteiger partial charge in [0.05, 0.1) is 68.8 Å². The maximum atomic E-state index is 15.2. The first-order chi connectivity index (χ1) is 34.8. The van der Waals surface area contributed by atoms with E-state index in [1.165, 1.54) is 5.57 Å². The molecule has 9 rings (SSSR count). The average molecular weight is 1030 g/mol. The van der Waals surface area contributed by atoms with Crippen LogP contribution in [-0.2, 0) is 39.8 Å². The van der Waals surface area contributed by atoms with E-state index < -0.39 is 34.2 Å². The topological polar surface area (TPSA) is 209 Å². The molecule has 17 heteroatoms. The van der Waals surface area contributed by atoms with E-state index >= 15 is 4.79 Å². The number of benzene rings is 1. The molecule has 3 saturated carbocycles. The fourth-order valence-corrected chi connectivity index (χ4v) is 13.8. The van der Waals surface area contributed by atoms with Crippen molar-refractivity contribution in [2.24, 2.45) is 17.8 Å². The SMILES string of the molecule is CC(C)=CCCC1(C)C=Cc2c(O)c3c(c(CC=C(C)C)c2O1)OC12C(CC4CC1C(C)(C)OC2(C/C=C(/C)C(=O)NCCOCCOCCOCCNC(=O)CCCCC1SCC2NC(=O)NC21)C4=O)C3=O. The van der Waals surface area contributed by atoms with E-state index in [1.54, 1.807) is 13.0 Å². The molecule has 0 aromatic heterocycles. The van der Waals surface area contributed by atoms with Gasteiger partial charge in [0, 0.05) is 59.9 Å². The lowest BCUT2D eigenvalue weighted by atomic mass is 9.46. The number of allylic oxidation sites excluding steroid dienone is 4. The molecule has 73 heavy (non-hydrogen) atoms. The Morgan fingerprint density at radius 1 is 0.863 bits per heavy atom. The average Bonchev–Trinajstić information content (AvgIpc) is 3.94. The summed E-state index contributed by atoms with van der Waals surface area (Å²) in [6.45, 7) is 18.5. The number of unbranched alkanes of at least 4 members (excludes halogenated alkanes) is 1. The van der Waals surface area contributed by atoms with E-state index in [4.69, 9.17) is 28.4 Å². The van der Waals surface area contributed by atoms with Crippen LogP contribution in [0.2, 0.25) is 0 Å². The van der Waals surface area contributed by atoms with Gasteiger partial charge in [0.1, 0.15) is 28.4 Å². The van der Waals surface area contributed by atoms with Crippen LogP contribution >= 0.6 is 11.8 Å². The summed E-state index contributed by atoms with van der Waals surface area (Å²) in [5.41, 5.74) is -0.615. The van der Waals surface area contributed by atoms with Gasteiger partial charge in [-0.15, -0.1) is 0 Å². The number of rotatable bonds is 25. The van der Waals surface area contributed by atoms with Gasteiger partial charge in [0.25, 0.3) is 0 Å². The Morgan fingerprint density at radius 3 is 2.27 bits per heavy atom. The Hall–Kier alpha value is -4.68. The summed E-state index contributed by atoms with van der Waals surface area (Å²) in [6, 6.07) is 0.328. The minimum absolute atomic E-state index is 0.00626. The van der Waals surface area contributed by atoms with E-state index in [0.717, 1.165) is 37.0 Å². The zero-order valence-electron chi connectivity index (χ0n) is 44.1. The molecule has 0 radical (unpaired) electrons. The number of urea groups is 1. The fraction of sp³-hybridized carbons (Fsp3) is 0.661. The molecule has 1 aromatic rings. The molecular formula is C56H78N4O12S. The molecule has 9 unspecified atom stereocenters. The second kappa shape index (κ2) is 22.7. The van der Waals surface area contributed by atoms with Crippen molar-refractivity contribution < 1.29 is 57.5 Å². The number of hydrogen-bond acceptors (Lipinski definition) is 13. The van der Waals surface area contributed by atoms with Crippen molar-refractivity contribution in [2.75, 3.05) is 58.5 Å². The van der Waals surface area contributed by atoms with Crippen LogP contribution in [0.15, 0.2) is 41.0 Å². The summed E-state index contributed by atoms with van der Waals surface area (Å²) in [4.78, 5) is 67.3. The molecule has 5 heterocycles. The molecule has 4 amide bonds. The third-order valence-electron chi connectivity index (χ3n) is 15.9. The lowest BCUT2D eigenvalue weighted by Gasteiger charge is -2.60. The number of thioether (sulfide) groups is 1. The number of amides is 4. The molecule has 1 aromatic carbocycles. The van der Waals surface area contributed by atoms with Gasteiger partial charge in [-0.25, -0.2) is 4.79 Å². The number of phenolic OH excluding ortho intramolecular Hbond substituents is 1. The van der Waals surface area contributed by atoms with Crippen molar-refractivity contribution in [3.63, 3.8) is 0 Å². The molecular weight excluding hydrogens is 953 g/mol. The van der Waals surface area contributed by atoms with Crippen molar-refractivity contribution in [3.05, 3.63) is 57.7 Å². The number of ether oxygens (including phenoxy) is 6. The van der Waals surface area contributed by atoms with Gasteiger partial charge in [-0.3, -0.25) is 19.2 Å². The van der Waals surface area contributed by atoms with Gasteiger partial charge in [-0.2, -0.15) is 11.8 Å². The number of carbonyl (C=O) groups excluding carboxylic acids is 5. The van der Waals surface area contributed by atoms with Crippen LogP contribution < -0.4 is 30.7 Å². The molecule has 5 N–H and O–H groups in total. The summed E-state index contributed by atoms with van der Waals surface area (Å²) in [5.74, 6) is -0.766. The van der Waals surface area contributed by atoms with Crippen molar-refractivity contribution in [2.45, 2.75) is 159 Å². The molecule has 5 aliphatic heterocycles. The standard InChI is InChI=1S/C56H78N4O12S/c1-33(2)12-11-19-54(8)20-18-37-46(62)44-47(63)39-30-36-31-42-53(6,7)72-55(50(36)64,56(39,42)71-49(44)38(48(37)70-54)16-15-34(3)4)21-17-35(5)51(65)58-23-25-68-27-29-69-28-26-67-24-22-57-43(61)14-10-9-13-41-45-40(32-73-41)59-52(66)60-45/h12,15,17-18,20,36,39-42,45,62H,9-11,13-14,16,19,21-32H2,1-8H3,(H,57,61)(H,58,65)(H2,59,60,66)/b35-17-. The maximum Gasteiger partial charge on any atom is 0.315 e. The lowest BCUT2D eigenvalue weighted by Crippen LogP contribution is -2.76. The number of nitrogens with one attached hydrogen (secondary N) is 4. The summed E-state index contributed by atoms with van der Waals surface area (Å²) >= 11 is 1.89. The van der Waals surface area contributed by atoms with Gasteiger partial charge in [-0.1, -0.05) is 35.8 Å². The maximum absolute atomic E-state index is 15.2. The largest absolute Gasteiger partial charge is 0.506 e. The number of phenols is 1. The van der Waals surface area contributed by atoms with Crippen molar-refractivity contribution >= 4 is 47.2 Å². The second-order valence-corrected chi connectivity index (χ2v) is 23.4. The zero-order valence-corrected chi connectivity index (χ0v) is 44.9. The normalized spacial score (nSPS) is 29.8. The fourth-order valence-electron chi connectivity index (χ4n) is 12.3. The lowest BCUT2D eigenvalue weighted by molar-refractivity contribution is -0.199. The van der Waals surface area contributed by atoms with E-state index in [0.29, 0.717) is 93.0 Å². The highest BCUT2D eigenvalue weighted by Crippen LogP contribution is 2.70. The second-order valence-electron chi connectivity index (χ2n) is 22.2. The Morgan fingerprint density at radius 2 is 1.56 bits per heavy atom. The van der Waals surface area contributed by atoms with Gasteiger partial charge in [0.15, 0.2) is 22.8 Å². The van der Waals surface area contributed by atoms with Crippen LogP contribution in [0.4, 0.5) is 4.79 Å². The van der Waals surface area contributed by atoms with Crippen LogP contribution in [0, 0.1) is 17.8 Å². The zero-order chi connectivity index (χ0) is 52.3. The van der Waals surface area contributed by atoms with E-state index in [9.17, 15) is 24.3 Å². The number of carbonyl (C=O) groups is 5. The minimum atomic E-state index is -1.57. The quantitative estimate of drug-likeness (QED) is 0.0284. The molecule has 400 valence electrons. The highest BCUT2D eigenvalue weighted by Gasteiger charge is 2.83. The first-order valence-corrected chi connectivity index (χ1v) is 27.5.